The quantitative estimate of drug-likeness (QED) is 0.907. The summed E-state index contributed by atoms with van der Waals surface area (Å²) in [7, 11) is -3.50. The van der Waals surface area contributed by atoms with Crippen molar-refractivity contribution in [1.29, 1.82) is 0 Å². The molecular weight excluding hydrogens is 347 g/mol. The minimum absolute atomic E-state index is 0.122. The second-order valence-electron chi connectivity index (χ2n) is 5.69. The number of fused-ring (bicyclic) bond motifs is 1. The number of halogens is 1. The van der Waals surface area contributed by atoms with Crippen molar-refractivity contribution in [2.45, 2.75) is 12.5 Å². The maximum absolute atomic E-state index is 13.0. The van der Waals surface area contributed by atoms with E-state index in [-0.39, 0.29) is 13.0 Å². The molecule has 0 saturated heterocycles. The molecule has 1 atom stereocenters. The molecule has 3 rings (SSSR count). The van der Waals surface area contributed by atoms with Crippen LogP contribution in [0.5, 0.6) is 5.75 Å². The molecule has 1 N–H and O–H groups in total. The van der Waals surface area contributed by atoms with Gasteiger partial charge in [0.2, 0.25) is 10.0 Å². The molecule has 0 bridgehead atoms. The van der Waals surface area contributed by atoms with Crippen LogP contribution in [0.4, 0.5) is 15.8 Å². The fourth-order valence-electron chi connectivity index (χ4n) is 2.62. The predicted octanol–water partition coefficient (Wildman–Crippen LogP) is 2.38. The van der Waals surface area contributed by atoms with Gasteiger partial charge < -0.3 is 10.1 Å². The Morgan fingerprint density at radius 2 is 1.88 bits per heavy atom. The van der Waals surface area contributed by atoms with E-state index >= 15 is 0 Å². The predicted molar refractivity (Wildman–Crippen MR) is 92.7 cm³/mol. The molecule has 1 aliphatic heterocycles. The van der Waals surface area contributed by atoms with E-state index in [1.54, 1.807) is 24.3 Å². The second-order valence-corrected chi connectivity index (χ2v) is 7.60. The number of rotatable bonds is 3. The number of para-hydroxylation sites is 2. The van der Waals surface area contributed by atoms with Gasteiger partial charge in [0, 0.05) is 18.7 Å². The van der Waals surface area contributed by atoms with E-state index in [1.807, 2.05) is 0 Å². The smallest absolute Gasteiger partial charge is 0.265 e. The Morgan fingerprint density at radius 3 is 2.56 bits per heavy atom. The molecule has 0 radical (unpaired) electrons. The highest BCUT2D eigenvalue weighted by Gasteiger charge is 2.31. The second kappa shape index (κ2) is 6.72. The van der Waals surface area contributed by atoms with Gasteiger partial charge in [0.1, 0.15) is 11.6 Å². The van der Waals surface area contributed by atoms with Crippen molar-refractivity contribution < 1.29 is 22.3 Å². The molecule has 0 fully saturated rings. The summed E-state index contributed by atoms with van der Waals surface area (Å²) in [5, 5.41) is 2.65. The van der Waals surface area contributed by atoms with Gasteiger partial charge in [0.15, 0.2) is 6.10 Å². The molecule has 0 saturated carbocycles. The molecule has 6 nitrogen and oxygen atoms in total. The average molecular weight is 364 g/mol. The minimum atomic E-state index is -3.50. The van der Waals surface area contributed by atoms with Crippen LogP contribution in [0.1, 0.15) is 6.42 Å². The first-order valence-corrected chi connectivity index (χ1v) is 9.49. The monoisotopic (exact) mass is 364 g/mol. The highest BCUT2D eigenvalue weighted by Crippen LogP contribution is 2.34. The first-order chi connectivity index (χ1) is 11.8. The molecule has 1 aliphatic rings. The number of amides is 1. The van der Waals surface area contributed by atoms with E-state index in [4.69, 9.17) is 4.74 Å². The molecule has 0 aromatic heterocycles. The van der Waals surface area contributed by atoms with Gasteiger partial charge >= 0.3 is 0 Å². The summed E-state index contributed by atoms with van der Waals surface area (Å²) < 4.78 is 44.0. The van der Waals surface area contributed by atoms with Crippen molar-refractivity contribution in [3.05, 3.63) is 54.3 Å². The largest absolute Gasteiger partial charge is 0.478 e. The lowest BCUT2D eigenvalue weighted by molar-refractivity contribution is -0.122. The summed E-state index contributed by atoms with van der Waals surface area (Å²) >= 11 is 0. The standard InChI is InChI=1S/C17H17FN2O4S/c1-25(22,23)20-11-10-16(24-15-5-3-2-4-14(15)20)17(21)19-13-8-6-12(18)7-9-13/h2-9,16H,10-11H2,1H3,(H,19,21). The van der Waals surface area contributed by atoms with Gasteiger partial charge in [0.25, 0.3) is 5.91 Å². The number of sulfonamides is 1. The van der Waals surface area contributed by atoms with Crippen molar-refractivity contribution in [2.75, 3.05) is 22.4 Å². The van der Waals surface area contributed by atoms with E-state index in [9.17, 15) is 17.6 Å². The first-order valence-electron chi connectivity index (χ1n) is 7.64. The molecule has 2 aromatic carbocycles. The van der Waals surface area contributed by atoms with Crippen LogP contribution in [0.15, 0.2) is 48.5 Å². The normalized spacial score (nSPS) is 17.2. The van der Waals surface area contributed by atoms with E-state index in [1.165, 1.54) is 28.6 Å². The first kappa shape index (κ1) is 17.2. The number of nitrogens with one attached hydrogen (secondary N) is 1. The third-order valence-electron chi connectivity index (χ3n) is 3.80. The van der Waals surface area contributed by atoms with Crippen LogP contribution < -0.4 is 14.4 Å². The molecule has 132 valence electrons. The highest BCUT2D eigenvalue weighted by atomic mass is 32.2. The molecule has 2 aromatic rings. The van der Waals surface area contributed by atoms with Gasteiger partial charge in [-0.1, -0.05) is 12.1 Å². The van der Waals surface area contributed by atoms with Crippen LogP contribution in [0.25, 0.3) is 0 Å². The lowest BCUT2D eigenvalue weighted by Gasteiger charge is -2.20. The Hall–Kier alpha value is -2.61. The molecule has 1 amide bonds. The van der Waals surface area contributed by atoms with Crippen LogP contribution in [0.2, 0.25) is 0 Å². The number of carbonyl (C=O) groups is 1. The van der Waals surface area contributed by atoms with Crippen LogP contribution in [0.3, 0.4) is 0 Å². The fraction of sp³-hybridized carbons (Fsp3) is 0.235. The van der Waals surface area contributed by atoms with Gasteiger partial charge in [-0.2, -0.15) is 0 Å². The molecule has 25 heavy (non-hydrogen) atoms. The van der Waals surface area contributed by atoms with Crippen molar-refractivity contribution in [3.63, 3.8) is 0 Å². The number of anilines is 2. The van der Waals surface area contributed by atoms with Crippen LogP contribution in [-0.2, 0) is 14.8 Å². The number of nitrogens with zero attached hydrogens (tertiary/aromatic N) is 1. The van der Waals surface area contributed by atoms with Gasteiger partial charge in [-0.15, -0.1) is 0 Å². The Balaban J connectivity index is 1.83. The zero-order chi connectivity index (χ0) is 18.0. The third kappa shape index (κ3) is 3.90. The Labute approximate surface area is 145 Å². The Bertz CT molecular complexity index is 884. The number of hydrogen-bond acceptors (Lipinski definition) is 4. The van der Waals surface area contributed by atoms with Crippen LogP contribution >= 0.6 is 0 Å². The summed E-state index contributed by atoms with van der Waals surface area (Å²) in [6, 6.07) is 12.0. The van der Waals surface area contributed by atoms with E-state index < -0.39 is 27.9 Å². The third-order valence-corrected chi connectivity index (χ3v) is 4.98. The number of ether oxygens (including phenoxy) is 1. The topological polar surface area (TPSA) is 75.7 Å². The summed E-state index contributed by atoms with van der Waals surface area (Å²) in [4.78, 5) is 12.5. The van der Waals surface area contributed by atoms with E-state index in [2.05, 4.69) is 5.32 Å². The Morgan fingerprint density at radius 1 is 1.20 bits per heavy atom. The lowest BCUT2D eigenvalue weighted by Crippen LogP contribution is -2.35. The summed E-state index contributed by atoms with van der Waals surface area (Å²) in [5.74, 6) is -0.497. The fourth-order valence-corrected chi connectivity index (χ4v) is 3.56. The molecule has 0 spiro atoms. The van der Waals surface area contributed by atoms with Gasteiger partial charge in [-0.3, -0.25) is 9.10 Å². The SMILES string of the molecule is CS(=O)(=O)N1CCC(C(=O)Nc2ccc(F)cc2)Oc2ccccc21. The van der Waals surface area contributed by atoms with E-state index in [0.717, 1.165) is 6.26 Å². The van der Waals surface area contributed by atoms with Crippen molar-refractivity contribution in [3.8, 4) is 5.75 Å². The van der Waals surface area contributed by atoms with Gasteiger partial charge in [-0.05, 0) is 36.4 Å². The zero-order valence-electron chi connectivity index (χ0n) is 13.5. The summed E-state index contributed by atoms with van der Waals surface area (Å²) in [6.07, 6.45) is 0.440. The molecule has 1 heterocycles. The van der Waals surface area contributed by atoms with Crippen LogP contribution in [0, 0.1) is 5.82 Å². The highest BCUT2D eigenvalue weighted by molar-refractivity contribution is 7.92. The minimum Gasteiger partial charge on any atom is -0.478 e. The molecule has 8 heteroatoms. The lowest BCUT2D eigenvalue weighted by atomic mass is 10.2. The number of benzene rings is 2. The Kier molecular flexibility index (Phi) is 4.63. The average Bonchev–Trinajstić information content (AvgIpc) is 2.76. The summed E-state index contributed by atoms with van der Waals surface area (Å²) in [5.41, 5.74) is 0.842. The maximum atomic E-state index is 13.0. The zero-order valence-corrected chi connectivity index (χ0v) is 14.3. The number of carbonyl (C=O) groups excluding carboxylic acids is 1. The molecule has 0 aliphatic carbocycles. The molecular formula is C17H17FN2O4S. The van der Waals surface area contributed by atoms with Crippen molar-refractivity contribution in [2.24, 2.45) is 0 Å². The number of hydrogen-bond donors (Lipinski definition) is 1. The maximum Gasteiger partial charge on any atom is 0.265 e. The van der Waals surface area contributed by atoms with Gasteiger partial charge in [0.05, 0.1) is 11.9 Å². The van der Waals surface area contributed by atoms with Crippen molar-refractivity contribution >= 4 is 27.3 Å². The van der Waals surface area contributed by atoms with Gasteiger partial charge in [-0.25, -0.2) is 12.8 Å². The summed E-state index contributed by atoms with van der Waals surface area (Å²) in [6.45, 7) is 0.122. The van der Waals surface area contributed by atoms with Crippen molar-refractivity contribution in [1.82, 2.24) is 0 Å². The van der Waals surface area contributed by atoms with Crippen LogP contribution in [-0.4, -0.2) is 33.2 Å². The van der Waals surface area contributed by atoms with E-state index in [0.29, 0.717) is 17.1 Å². The molecule has 1 unspecified atom stereocenters.